The van der Waals surface area contributed by atoms with E-state index in [2.05, 4.69) is 0 Å². The van der Waals surface area contributed by atoms with Gasteiger partial charge in [-0.25, -0.2) is 9.18 Å². The minimum atomic E-state index is -0.765. The number of ketones is 1. The summed E-state index contributed by atoms with van der Waals surface area (Å²) in [7, 11) is 2.94. The minimum absolute atomic E-state index is 0.0464. The molecule has 0 aromatic heterocycles. The number of ether oxygens (including phenoxy) is 3. The lowest BCUT2D eigenvalue weighted by Crippen LogP contribution is -2.14. The van der Waals surface area contributed by atoms with Crippen LogP contribution < -0.4 is 9.47 Å². The van der Waals surface area contributed by atoms with Gasteiger partial charge in [-0.05, 0) is 36.4 Å². The van der Waals surface area contributed by atoms with Crippen molar-refractivity contribution in [3.05, 3.63) is 59.4 Å². The summed E-state index contributed by atoms with van der Waals surface area (Å²) in [5, 5.41) is 0. The van der Waals surface area contributed by atoms with E-state index in [0.717, 1.165) is 6.07 Å². The second kappa shape index (κ2) is 7.40. The van der Waals surface area contributed by atoms with Crippen molar-refractivity contribution < 1.29 is 28.2 Å². The van der Waals surface area contributed by atoms with Crippen LogP contribution in [0.2, 0.25) is 0 Å². The Bertz CT molecular complexity index is 727. The van der Waals surface area contributed by atoms with E-state index in [0.29, 0.717) is 17.1 Å². The largest absolute Gasteiger partial charge is 0.493 e. The number of benzene rings is 2. The quantitative estimate of drug-likeness (QED) is 0.605. The molecule has 0 amide bonds. The van der Waals surface area contributed by atoms with Crippen LogP contribution in [0.4, 0.5) is 4.39 Å². The zero-order chi connectivity index (χ0) is 16.8. The molecule has 0 bridgehead atoms. The number of methoxy groups -OCH3 is 2. The van der Waals surface area contributed by atoms with E-state index in [-0.39, 0.29) is 5.56 Å². The van der Waals surface area contributed by atoms with Gasteiger partial charge in [-0.3, -0.25) is 4.79 Å². The Labute approximate surface area is 132 Å². The highest BCUT2D eigenvalue weighted by Gasteiger charge is 2.14. The standard InChI is InChI=1S/C17H15FO5/c1-21-15-7-6-11(9-16(15)22-2)14(19)10-23-17(20)12-4-3-5-13(18)8-12/h3-9H,10H2,1-2H3. The summed E-state index contributed by atoms with van der Waals surface area (Å²) in [6, 6.07) is 9.68. The molecular formula is C17H15FO5. The smallest absolute Gasteiger partial charge is 0.338 e. The molecule has 2 aromatic carbocycles. The van der Waals surface area contributed by atoms with E-state index in [1.807, 2.05) is 0 Å². The average Bonchev–Trinajstić information content (AvgIpc) is 2.58. The van der Waals surface area contributed by atoms with Gasteiger partial charge in [-0.1, -0.05) is 6.07 Å². The molecule has 0 heterocycles. The maximum atomic E-state index is 13.0. The van der Waals surface area contributed by atoms with E-state index in [9.17, 15) is 14.0 Å². The van der Waals surface area contributed by atoms with Crippen LogP contribution in [0, 0.1) is 5.82 Å². The van der Waals surface area contributed by atoms with Crippen molar-refractivity contribution in [1.82, 2.24) is 0 Å². The second-order valence-electron chi connectivity index (χ2n) is 4.58. The Morgan fingerprint density at radius 3 is 2.35 bits per heavy atom. The lowest BCUT2D eigenvalue weighted by Gasteiger charge is -2.09. The molecule has 5 nitrogen and oxygen atoms in total. The third-order valence-corrected chi connectivity index (χ3v) is 3.10. The van der Waals surface area contributed by atoms with Crippen LogP contribution >= 0.6 is 0 Å². The maximum absolute atomic E-state index is 13.0. The first kappa shape index (κ1) is 16.5. The molecule has 120 valence electrons. The molecule has 0 saturated heterocycles. The monoisotopic (exact) mass is 318 g/mol. The minimum Gasteiger partial charge on any atom is -0.493 e. The lowest BCUT2D eigenvalue weighted by atomic mass is 10.1. The molecule has 23 heavy (non-hydrogen) atoms. The van der Waals surface area contributed by atoms with Crippen molar-refractivity contribution in [1.29, 1.82) is 0 Å². The maximum Gasteiger partial charge on any atom is 0.338 e. The summed E-state index contributed by atoms with van der Waals surface area (Å²) in [4.78, 5) is 23.8. The third-order valence-electron chi connectivity index (χ3n) is 3.10. The molecule has 0 spiro atoms. The number of carbonyl (C=O) groups is 2. The number of carbonyl (C=O) groups excluding carboxylic acids is 2. The summed E-state index contributed by atoms with van der Waals surface area (Å²) < 4.78 is 28.1. The summed E-state index contributed by atoms with van der Waals surface area (Å²) in [5.74, 6) is -0.838. The van der Waals surface area contributed by atoms with Crippen molar-refractivity contribution >= 4 is 11.8 Å². The highest BCUT2D eigenvalue weighted by Crippen LogP contribution is 2.27. The van der Waals surface area contributed by atoms with Crippen LogP contribution in [-0.4, -0.2) is 32.6 Å². The average molecular weight is 318 g/mol. The topological polar surface area (TPSA) is 61.8 Å². The first-order valence-electron chi connectivity index (χ1n) is 6.73. The van der Waals surface area contributed by atoms with Crippen LogP contribution in [0.15, 0.2) is 42.5 Å². The molecule has 0 radical (unpaired) electrons. The fourth-order valence-electron chi connectivity index (χ4n) is 1.92. The number of Topliss-reactive ketones (excluding diaryl/α,β-unsaturated/α-hetero) is 1. The van der Waals surface area contributed by atoms with Gasteiger partial charge in [0, 0.05) is 5.56 Å². The predicted octanol–water partition coefficient (Wildman–Crippen LogP) is 2.88. The number of halogens is 1. The highest BCUT2D eigenvalue weighted by atomic mass is 19.1. The van der Waals surface area contributed by atoms with Gasteiger partial charge >= 0.3 is 5.97 Å². The first-order valence-corrected chi connectivity index (χ1v) is 6.73. The molecule has 2 aromatic rings. The van der Waals surface area contributed by atoms with Crippen LogP contribution in [0.1, 0.15) is 20.7 Å². The van der Waals surface area contributed by atoms with E-state index in [4.69, 9.17) is 14.2 Å². The van der Waals surface area contributed by atoms with Crippen LogP contribution in [0.5, 0.6) is 11.5 Å². The molecule has 0 unspecified atom stereocenters. The fraction of sp³-hybridized carbons (Fsp3) is 0.176. The summed E-state index contributed by atoms with van der Waals surface area (Å²) >= 11 is 0. The normalized spacial score (nSPS) is 10.0. The zero-order valence-corrected chi connectivity index (χ0v) is 12.7. The molecule has 0 aliphatic rings. The summed E-state index contributed by atoms with van der Waals surface area (Å²) in [5.41, 5.74) is 0.361. The molecule has 0 N–H and O–H groups in total. The SMILES string of the molecule is COc1ccc(C(=O)COC(=O)c2cccc(F)c2)cc1OC. The highest BCUT2D eigenvalue weighted by molar-refractivity contribution is 5.99. The Balaban J connectivity index is 2.03. The Morgan fingerprint density at radius 2 is 1.70 bits per heavy atom. The van der Waals surface area contributed by atoms with Crippen LogP contribution in [0.3, 0.4) is 0 Å². The van der Waals surface area contributed by atoms with Crippen LogP contribution in [-0.2, 0) is 4.74 Å². The number of esters is 1. The molecule has 0 aliphatic heterocycles. The molecule has 6 heteroatoms. The summed E-state index contributed by atoms with van der Waals surface area (Å²) in [6.45, 7) is -0.454. The van der Waals surface area contributed by atoms with Crippen molar-refractivity contribution in [2.24, 2.45) is 0 Å². The Morgan fingerprint density at radius 1 is 0.957 bits per heavy atom. The van der Waals surface area contributed by atoms with Crippen molar-refractivity contribution in [2.45, 2.75) is 0 Å². The first-order chi connectivity index (χ1) is 11.0. The van der Waals surface area contributed by atoms with Gasteiger partial charge in [0.2, 0.25) is 0 Å². The molecule has 0 atom stereocenters. The van der Waals surface area contributed by atoms with Crippen molar-refractivity contribution in [2.75, 3.05) is 20.8 Å². The third kappa shape index (κ3) is 4.06. The van der Waals surface area contributed by atoms with Crippen LogP contribution in [0.25, 0.3) is 0 Å². The molecular weight excluding hydrogens is 303 g/mol. The van der Waals surface area contributed by atoms with Gasteiger partial charge in [0.15, 0.2) is 23.9 Å². The second-order valence-corrected chi connectivity index (χ2v) is 4.58. The molecule has 0 aliphatic carbocycles. The number of hydrogen-bond donors (Lipinski definition) is 0. The Hall–Kier alpha value is -2.89. The predicted molar refractivity (Wildman–Crippen MR) is 80.6 cm³/mol. The van der Waals surface area contributed by atoms with Gasteiger partial charge in [0.05, 0.1) is 19.8 Å². The van der Waals surface area contributed by atoms with Crippen molar-refractivity contribution in [3.8, 4) is 11.5 Å². The van der Waals surface area contributed by atoms with Gasteiger partial charge in [0.1, 0.15) is 5.82 Å². The van der Waals surface area contributed by atoms with E-state index in [1.54, 1.807) is 12.1 Å². The van der Waals surface area contributed by atoms with Crippen molar-refractivity contribution in [3.63, 3.8) is 0 Å². The zero-order valence-electron chi connectivity index (χ0n) is 12.7. The van der Waals surface area contributed by atoms with Gasteiger partial charge < -0.3 is 14.2 Å². The van der Waals surface area contributed by atoms with E-state index < -0.39 is 24.2 Å². The molecule has 0 fully saturated rings. The lowest BCUT2D eigenvalue weighted by molar-refractivity contribution is 0.0474. The van der Waals surface area contributed by atoms with E-state index >= 15 is 0 Å². The van der Waals surface area contributed by atoms with Gasteiger partial charge in [0.25, 0.3) is 0 Å². The van der Waals surface area contributed by atoms with Gasteiger partial charge in [-0.15, -0.1) is 0 Å². The number of rotatable bonds is 6. The van der Waals surface area contributed by atoms with Gasteiger partial charge in [-0.2, -0.15) is 0 Å². The Kier molecular flexibility index (Phi) is 5.30. The molecule has 2 rings (SSSR count). The molecule has 0 saturated carbocycles. The van der Waals surface area contributed by atoms with E-state index in [1.165, 1.54) is 38.5 Å². The summed E-state index contributed by atoms with van der Waals surface area (Å²) in [6.07, 6.45) is 0. The number of hydrogen-bond acceptors (Lipinski definition) is 5. The fourth-order valence-corrected chi connectivity index (χ4v) is 1.92.